The van der Waals surface area contributed by atoms with Gasteiger partial charge in [-0.3, -0.25) is 4.79 Å². The van der Waals surface area contributed by atoms with E-state index in [0.717, 1.165) is 31.5 Å². The zero-order chi connectivity index (χ0) is 23.4. The van der Waals surface area contributed by atoms with E-state index in [-0.39, 0.29) is 23.1 Å². The molecule has 0 aliphatic carbocycles. The molecule has 170 valence electrons. The Hall–Kier alpha value is -2.12. The first-order valence-electron chi connectivity index (χ1n) is 8.24. The van der Waals surface area contributed by atoms with Crippen LogP contribution in [0.3, 0.4) is 0 Å². The number of carbonyl (C=O) groups excluding carboxylic acids is 1. The zero-order valence-corrected chi connectivity index (χ0v) is 18.4. The largest absolute Gasteiger partial charge is 0.417 e. The van der Waals surface area contributed by atoms with Gasteiger partial charge in [0.25, 0.3) is 15.9 Å². The SMILES string of the molecule is COCNC(=O)c1ncc(Cl)cc1N(COC)S(=O)(=O)c1ccc(Cl)c(C(F)(F)F)c1. The summed E-state index contributed by atoms with van der Waals surface area (Å²) in [6.07, 6.45) is -3.79. The first-order chi connectivity index (χ1) is 14.4. The molecule has 0 bridgehead atoms. The van der Waals surface area contributed by atoms with Crippen molar-refractivity contribution >= 4 is 44.8 Å². The minimum absolute atomic E-state index is 0.0262. The molecule has 14 heteroatoms. The van der Waals surface area contributed by atoms with Gasteiger partial charge in [0.2, 0.25) is 0 Å². The van der Waals surface area contributed by atoms with Crippen LogP contribution < -0.4 is 9.62 Å². The van der Waals surface area contributed by atoms with Gasteiger partial charge in [-0.2, -0.15) is 13.2 Å². The lowest BCUT2D eigenvalue weighted by Crippen LogP contribution is -2.36. The first kappa shape index (κ1) is 25.1. The maximum Gasteiger partial charge on any atom is 0.417 e. The van der Waals surface area contributed by atoms with Gasteiger partial charge in [-0.1, -0.05) is 23.2 Å². The van der Waals surface area contributed by atoms with E-state index in [1.54, 1.807) is 0 Å². The second kappa shape index (κ2) is 10.0. The number of halogens is 5. The Bertz CT molecular complexity index is 1070. The molecule has 2 rings (SSSR count). The quantitative estimate of drug-likeness (QED) is 0.555. The molecule has 1 amide bonds. The molecule has 0 unspecified atom stereocenters. The molecule has 8 nitrogen and oxygen atoms in total. The molecular formula is C17H16Cl2F3N3O5S. The summed E-state index contributed by atoms with van der Waals surface area (Å²) in [5.41, 5.74) is -2.02. The number of ether oxygens (including phenoxy) is 2. The van der Waals surface area contributed by atoms with Gasteiger partial charge >= 0.3 is 6.18 Å². The number of benzene rings is 1. The van der Waals surface area contributed by atoms with Crippen molar-refractivity contribution in [3.63, 3.8) is 0 Å². The molecule has 0 saturated carbocycles. The van der Waals surface area contributed by atoms with E-state index < -0.39 is 44.3 Å². The van der Waals surface area contributed by atoms with Crippen molar-refractivity contribution in [1.29, 1.82) is 0 Å². The smallest absolute Gasteiger partial charge is 0.364 e. The van der Waals surface area contributed by atoms with E-state index >= 15 is 0 Å². The second-order valence-corrected chi connectivity index (χ2v) is 8.58. The predicted octanol–water partition coefficient (Wildman–Crippen LogP) is 3.54. The molecular weight excluding hydrogens is 486 g/mol. The van der Waals surface area contributed by atoms with Crippen LogP contribution in [-0.4, -0.2) is 47.0 Å². The van der Waals surface area contributed by atoms with Crippen molar-refractivity contribution in [2.24, 2.45) is 0 Å². The van der Waals surface area contributed by atoms with E-state index in [0.29, 0.717) is 10.4 Å². The third-order valence-electron chi connectivity index (χ3n) is 3.77. The molecule has 1 heterocycles. The van der Waals surface area contributed by atoms with Crippen LogP contribution in [0.2, 0.25) is 10.0 Å². The summed E-state index contributed by atoms with van der Waals surface area (Å²) < 4.78 is 76.3. The van der Waals surface area contributed by atoms with Crippen molar-refractivity contribution in [3.05, 3.63) is 51.8 Å². The normalized spacial score (nSPS) is 12.0. The molecule has 0 fully saturated rings. The Morgan fingerprint density at radius 3 is 2.45 bits per heavy atom. The third-order valence-corrected chi connectivity index (χ3v) is 6.04. The number of hydrogen-bond acceptors (Lipinski definition) is 6. The number of pyridine rings is 1. The van der Waals surface area contributed by atoms with Gasteiger partial charge in [0.1, 0.15) is 13.5 Å². The van der Waals surface area contributed by atoms with Gasteiger partial charge in [0, 0.05) is 20.4 Å². The van der Waals surface area contributed by atoms with Crippen molar-refractivity contribution in [2.75, 3.05) is 32.0 Å². The number of carbonyl (C=O) groups is 1. The molecule has 0 aliphatic heterocycles. The fourth-order valence-corrected chi connectivity index (χ4v) is 4.19. The Kier molecular flexibility index (Phi) is 8.11. The second-order valence-electron chi connectivity index (χ2n) is 5.87. The molecule has 0 spiro atoms. The number of rotatable bonds is 8. The number of anilines is 1. The monoisotopic (exact) mass is 501 g/mol. The van der Waals surface area contributed by atoms with E-state index in [4.69, 9.17) is 32.7 Å². The van der Waals surface area contributed by atoms with Crippen molar-refractivity contribution in [2.45, 2.75) is 11.1 Å². The van der Waals surface area contributed by atoms with Crippen LogP contribution in [0.1, 0.15) is 16.1 Å². The molecule has 1 aromatic carbocycles. The molecule has 2 aromatic rings. The molecule has 1 aromatic heterocycles. The summed E-state index contributed by atoms with van der Waals surface area (Å²) in [4.78, 5) is 15.5. The van der Waals surface area contributed by atoms with Crippen molar-refractivity contribution in [3.8, 4) is 0 Å². The summed E-state index contributed by atoms with van der Waals surface area (Å²) in [6, 6.07) is 3.22. The highest BCUT2D eigenvalue weighted by Gasteiger charge is 2.36. The summed E-state index contributed by atoms with van der Waals surface area (Å²) in [5, 5.41) is 1.64. The molecule has 0 radical (unpaired) electrons. The fourth-order valence-electron chi connectivity index (χ4n) is 2.41. The van der Waals surface area contributed by atoms with Gasteiger partial charge in [-0.25, -0.2) is 17.7 Å². The summed E-state index contributed by atoms with van der Waals surface area (Å²) in [7, 11) is -2.19. The minimum atomic E-state index is -4.89. The highest BCUT2D eigenvalue weighted by Crippen LogP contribution is 2.37. The zero-order valence-electron chi connectivity index (χ0n) is 16.0. The standard InChI is InChI=1S/C17H16Cl2F3N3O5S/c1-29-8-24-16(26)15-14(5-10(18)7-23-15)25(9-30-2)31(27,28)11-3-4-13(19)12(6-11)17(20,21)22/h3-7H,8-9H2,1-2H3,(H,24,26). The molecule has 0 aliphatic rings. The maximum atomic E-state index is 13.2. The van der Waals surface area contributed by atoms with E-state index in [9.17, 15) is 26.4 Å². The van der Waals surface area contributed by atoms with Crippen LogP contribution in [-0.2, 0) is 25.7 Å². The lowest BCUT2D eigenvalue weighted by atomic mass is 10.2. The van der Waals surface area contributed by atoms with Crippen molar-refractivity contribution < 1.29 is 35.9 Å². The van der Waals surface area contributed by atoms with Crippen LogP contribution in [0.5, 0.6) is 0 Å². The van der Waals surface area contributed by atoms with E-state index in [1.807, 2.05) is 0 Å². The Balaban J connectivity index is 2.66. The highest BCUT2D eigenvalue weighted by atomic mass is 35.5. The number of amides is 1. The van der Waals surface area contributed by atoms with Crippen molar-refractivity contribution in [1.82, 2.24) is 10.3 Å². The first-order valence-corrected chi connectivity index (χ1v) is 10.4. The number of methoxy groups -OCH3 is 2. The van der Waals surface area contributed by atoms with E-state index in [2.05, 4.69) is 10.3 Å². The van der Waals surface area contributed by atoms with Crippen LogP contribution in [0.15, 0.2) is 35.4 Å². The fraction of sp³-hybridized carbons (Fsp3) is 0.294. The van der Waals surface area contributed by atoms with Gasteiger partial charge in [-0.15, -0.1) is 0 Å². The summed E-state index contributed by atoms with van der Waals surface area (Å²) in [5.74, 6) is -0.808. The van der Waals surface area contributed by atoms with Gasteiger partial charge < -0.3 is 14.8 Å². The number of alkyl halides is 3. The number of hydrogen-bond donors (Lipinski definition) is 1. The van der Waals surface area contributed by atoms with Gasteiger partial charge in [0.05, 0.1) is 26.2 Å². The lowest BCUT2D eigenvalue weighted by Gasteiger charge is -2.25. The minimum Gasteiger partial charge on any atom is -0.364 e. The Morgan fingerprint density at radius 1 is 1.19 bits per heavy atom. The summed E-state index contributed by atoms with van der Waals surface area (Å²) in [6.45, 7) is -0.857. The predicted molar refractivity (Wildman–Crippen MR) is 107 cm³/mol. The topological polar surface area (TPSA) is 97.8 Å². The van der Waals surface area contributed by atoms with Gasteiger partial charge in [-0.05, 0) is 24.3 Å². The number of nitrogens with zero attached hydrogens (tertiary/aromatic N) is 2. The maximum absolute atomic E-state index is 13.2. The summed E-state index contributed by atoms with van der Waals surface area (Å²) >= 11 is 11.5. The van der Waals surface area contributed by atoms with E-state index in [1.165, 1.54) is 7.11 Å². The average molecular weight is 502 g/mol. The average Bonchev–Trinajstić information content (AvgIpc) is 2.69. The van der Waals surface area contributed by atoms with Crippen LogP contribution in [0.25, 0.3) is 0 Å². The molecule has 0 atom stereocenters. The van der Waals surface area contributed by atoms with Gasteiger partial charge in [0.15, 0.2) is 5.69 Å². The Morgan fingerprint density at radius 2 is 1.87 bits per heavy atom. The highest BCUT2D eigenvalue weighted by molar-refractivity contribution is 7.92. The molecule has 1 N–H and O–H groups in total. The lowest BCUT2D eigenvalue weighted by molar-refractivity contribution is -0.137. The third kappa shape index (κ3) is 5.77. The van der Waals surface area contributed by atoms with Crippen LogP contribution in [0, 0.1) is 0 Å². The number of nitrogens with one attached hydrogen (secondary N) is 1. The Labute approximate surface area is 185 Å². The molecule has 31 heavy (non-hydrogen) atoms. The number of sulfonamides is 1. The molecule has 0 saturated heterocycles. The van der Waals surface area contributed by atoms with Crippen LogP contribution >= 0.6 is 23.2 Å². The number of aromatic nitrogens is 1. The van der Waals surface area contributed by atoms with Crippen LogP contribution in [0.4, 0.5) is 18.9 Å².